The third kappa shape index (κ3) is 3.81. The number of aromatic nitrogens is 1. The molecule has 0 atom stereocenters. The number of fused-ring (bicyclic) bond motifs is 1. The molecule has 0 aliphatic heterocycles. The molecule has 0 saturated heterocycles. The van der Waals surface area contributed by atoms with Gasteiger partial charge in [0.2, 0.25) is 5.96 Å². The van der Waals surface area contributed by atoms with Crippen molar-refractivity contribution in [2.45, 2.75) is 17.7 Å². The Labute approximate surface area is 180 Å². The van der Waals surface area contributed by atoms with Gasteiger partial charge in [-0.25, -0.2) is 12.4 Å². The molecule has 1 aromatic heterocycles. The molecule has 10 heteroatoms. The number of nitrogens with two attached hydrogens (primary N) is 2. The Bertz CT molecular complexity index is 1300. The van der Waals surface area contributed by atoms with Crippen LogP contribution in [0, 0.1) is 5.92 Å². The molecule has 0 unspecified atom stereocenters. The Morgan fingerprint density at radius 2 is 1.74 bits per heavy atom. The highest BCUT2D eigenvalue weighted by molar-refractivity contribution is 7.90. The van der Waals surface area contributed by atoms with Crippen molar-refractivity contribution in [3.05, 3.63) is 54.2 Å². The monoisotopic (exact) mass is 441 g/mol. The summed E-state index contributed by atoms with van der Waals surface area (Å²) in [5.74, 6) is 0.805. The Hall–Kier alpha value is -3.53. The summed E-state index contributed by atoms with van der Waals surface area (Å²) in [6.07, 6.45) is 3.47. The Kier molecular flexibility index (Phi) is 5.32. The fraction of sp³-hybridized carbons (Fsp3) is 0.238. The van der Waals surface area contributed by atoms with Crippen LogP contribution in [0.1, 0.15) is 18.4 Å². The third-order valence-electron chi connectivity index (χ3n) is 5.10. The van der Waals surface area contributed by atoms with E-state index in [9.17, 15) is 8.42 Å². The van der Waals surface area contributed by atoms with Gasteiger partial charge in [-0.1, -0.05) is 18.2 Å². The summed E-state index contributed by atoms with van der Waals surface area (Å²) < 4.78 is 38.9. The Morgan fingerprint density at radius 1 is 1.03 bits per heavy atom. The minimum atomic E-state index is -3.93. The van der Waals surface area contributed by atoms with E-state index < -0.39 is 10.0 Å². The quantitative estimate of drug-likeness (QED) is 0.328. The molecular formula is C21H23N5O4S. The van der Waals surface area contributed by atoms with Crippen molar-refractivity contribution in [1.82, 2.24) is 3.97 Å². The normalized spacial score (nSPS) is 14.5. The van der Waals surface area contributed by atoms with Gasteiger partial charge >= 0.3 is 0 Å². The van der Waals surface area contributed by atoms with Crippen molar-refractivity contribution < 1.29 is 17.9 Å². The van der Waals surface area contributed by atoms with Crippen molar-refractivity contribution in [1.29, 1.82) is 0 Å². The maximum Gasteiger partial charge on any atom is 0.268 e. The molecule has 4 N–H and O–H groups in total. The van der Waals surface area contributed by atoms with Gasteiger partial charge in [0.1, 0.15) is 0 Å². The minimum Gasteiger partial charge on any atom is -0.493 e. The molecule has 162 valence electrons. The standard InChI is InChI=1S/C21H23N5O4S/c1-29-18-10-9-14(11-19(18)30-2)31(27,28)26-12-16(15-5-3-4-6-17(15)26)20(13-7-8-13)24-25-21(22)23/h3-6,9-13H,7-8H2,1-2H3,(H4,22,23,25)/b24-20+. The van der Waals surface area contributed by atoms with Gasteiger partial charge in [0.05, 0.1) is 30.3 Å². The summed E-state index contributed by atoms with van der Waals surface area (Å²) in [7, 11) is -0.981. The van der Waals surface area contributed by atoms with Crippen LogP contribution in [0.2, 0.25) is 0 Å². The molecule has 0 bridgehead atoms. The second-order valence-corrected chi connectivity index (χ2v) is 8.98. The van der Waals surface area contributed by atoms with Gasteiger partial charge in [0, 0.05) is 29.1 Å². The molecule has 31 heavy (non-hydrogen) atoms. The number of ether oxygens (including phenoxy) is 2. The van der Waals surface area contributed by atoms with Crippen LogP contribution in [0.25, 0.3) is 10.9 Å². The minimum absolute atomic E-state index is 0.0755. The van der Waals surface area contributed by atoms with Gasteiger partial charge in [-0.05, 0) is 31.0 Å². The SMILES string of the molecule is COc1ccc(S(=O)(=O)n2cc(/C(=N/N=C(N)N)C3CC3)c3ccccc32)cc1OC. The zero-order valence-corrected chi connectivity index (χ0v) is 18.0. The van der Waals surface area contributed by atoms with Crippen molar-refractivity contribution in [2.75, 3.05) is 14.2 Å². The Morgan fingerprint density at radius 3 is 2.39 bits per heavy atom. The van der Waals surface area contributed by atoms with Crippen LogP contribution in [0.15, 0.2) is 63.8 Å². The highest BCUT2D eigenvalue weighted by Gasteiger charge is 2.32. The van der Waals surface area contributed by atoms with E-state index in [-0.39, 0.29) is 16.8 Å². The molecule has 3 aromatic rings. The predicted octanol–water partition coefficient (Wildman–Crippen LogP) is 2.28. The number of nitrogens with zero attached hydrogens (tertiary/aromatic N) is 3. The highest BCUT2D eigenvalue weighted by atomic mass is 32.2. The first kappa shape index (κ1) is 20.7. The van der Waals surface area contributed by atoms with E-state index in [1.54, 1.807) is 24.4 Å². The number of hydrogen-bond donors (Lipinski definition) is 2. The molecular weight excluding hydrogens is 418 g/mol. The average molecular weight is 442 g/mol. The van der Waals surface area contributed by atoms with Gasteiger partial charge in [-0.2, -0.15) is 5.10 Å². The molecule has 0 radical (unpaired) electrons. The van der Waals surface area contributed by atoms with Gasteiger partial charge in [-0.3, -0.25) is 0 Å². The van der Waals surface area contributed by atoms with E-state index in [4.69, 9.17) is 20.9 Å². The summed E-state index contributed by atoms with van der Waals surface area (Å²) in [6.45, 7) is 0. The lowest BCUT2D eigenvalue weighted by molar-refractivity contribution is 0.354. The first-order chi connectivity index (χ1) is 14.9. The van der Waals surface area contributed by atoms with Crippen molar-refractivity contribution in [2.24, 2.45) is 27.6 Å². The van der Waals surface area contributed by atoms with E-state index in [0.29, 0.717) is 28.3 Å². The zero-order valence-electron chi connectivity index (χ0n) is 17.1. The molecule has 1 saturated carbocycles. The van der Waals surface area contributed by atoms with Crippen LogP contribution >= 0.6 is 0 Å². The zero-order chi connectivity index (χ0) is 22.2. The van der Waals surface area contributed by atoms with Gasteiger partial charge < -0.3 is 20.9 Å². The summed E-state index contributed by atoms with van der Waals surface area (Å²) in [6, 6.07) is 11.7. The van der Waals surface area contributed by atoms with Crippen molar-refractivity contribution in [3.63, 3.8) is 0 Å². The van der Waals surface area contributed by atoms with E-state index in [2.05, 4.69) is 10.2 Å². The van der Waals surface area contributed by atoms with Crippen LogP contribution in [-0.4, -0.2) is 38.3 Å². The molecule has 1 fully saturated rings. The molecule has 1 aliphatic rings. The molecule has 2 aromatic carbocycles. The first-order valence-corrected chi connectivity index (χ1v) is 11.1. The van der Waals surface area contributed by atoms with Crippen molar-refractivity contribution >= 4 is 32.6 Å². The fourth-order valence-corrected chi connectivity index (χ4v) is 4.85. The molecule has 0 amide bonds. The Balaban J connectivity index is 1.91. The summed E-state index contributed by atoms with van der Waals surface area (Å²) in [5.41, 5.74) is 12.8. The number of benzene rings is 2. The van der Waals surface area contributed by atoms with Gasteiger partial charge in [-0.15, -0.1) is 5.10 Å². The van der Waals surface area contributed by atoms with Gasteiger partial charge in [0.15, 0.2) is 11.5 Å². The summed E-state index contributed by atoms with van der Waals surface area (Å²) in [4.78, 5) is 0.0755. The largest absolute Gasteiger partial charge is 0.493 e. The van der Waals surface area contributed by atoms with Crippen LogP contribution in [-0.2, 0) is 10.0 Å². The molecule has 1 heterocycles. The van der Waals surface area contributed by atoms with E-state index in [0.717, 1.165) is 18.2 Å². The number of hydrogen-bond acceptors (Lipinski definition) is 6. The third-order valence-corrected chi connectivity index (χ3v) is 6.77. The number of methoxy groups -OCH3 is 2. The van der Waals surface area contributed by atoms with Crippen LogP contribution in [0.3, 0.4) is 0 Å². The molecule has 1 aliphatic carbocycles. The number of para-hydroxylation sites is 1. The van der Waals surface area contributed by atoms with E-state index in [1.807, 2.05) is 12.1 Å². The maximum absolute atomic E-state index is 13.6. The van der Waals surface area contributed by atoms with Gasteiger partial charge in [0.25, 0.3) is 10.0 Å². The average Bonchev–Trinajstić information content (AvgIpc) is 3.53. The smallest absolute Gasteiger partial charge is 0.268 e. The molecule has 0 spiro atoms. The van der Waals surface area contributed by atoms with Crippen LogP contribution < -0.4 is 20.9 Å². The van der Waals surface area contributed by atoms with E-state index >= 15 is 0 Å². The summed E-state index contributed by atoms with van der Waals surface area (Å²) >= 11 is 0. The summed E-state index contributed by atoms with van der Waals surface area (Å²) in [5, 5.41) is 8.80. The lowest BCUT2D eigenvalue weighted by Crippen LogP contribution is -2.22. The maximum atomic E-state index is 13.6. The van der Waals surface area contributed by atoms with Crippen LogP contribution in [0.4, 0.5) is 0 Å². The highest BCUT2D eigenvalue weighted by Crippen LogP contribution is 2.37. The lowest BCUT2D eigenvalue weighted by atomic mass is 10.1. The number of rotatable bonds is 7. The fourth-order valence-electron chi connectivity index (χ4n) is 3.47. The van der Waals surface area contributed by atoms with E-state index in [1.165, 1.54) is 30.3 Å². The predicted molar refractivity (Wildman–Crippen MR) is 119 cm³/mol. The first-order valence-electron chi connectivity index (χ1n) is 9.61. The second kappa shape index (κ2) is 7.95. The molecule has 9 nitrogen and oxygen atoms in total. The van der Waals surface area contributed by atoms with Crippen molar-refractivity contribution in [3.8, 4) is 11.5 Å². The van der Waals surface area contributed by atoms with Crippen LogP contribution in [0.5, 0.6) is 11.5 Å². The topological polar surface area (TPSA) is 134 Å². The number of guanidine groups is 1. The second-order valence-electron chi connectivity index (χ2n) is 7.16. The lowest BCUT2D eigenvalue weighted by Gasteiger charge is -2.11. The molecule has 4 rings (SSSR count).